The van der Waals surface area contributed by atoms with E-state index in [0.717, 1.165) is 16.9 Å². The van der Waals surface area contributed by atoms with Crippen LogP contribution >= 0.6 is 0 Å². The van der Waals surface area contributed by atoms with E-state index in [2.05, 4.69) is 40.8 Å². The number of hydrogen-bond donors (Lipinski definition) is 2. The lowest BCUT2D eigenvalue weighted by Gasteiger charge is -2.10. The SMILES string of the molecule is COCc1nc2cc(C)c(C)cc2n1CCC(=O)NCCN. The van der Waals surface area contributed by atoms with Crippen molar-refractivity contribution in [2.75, 3.05) is 20.2 Å². The standard InChI is InChI=1S/C16H24N4O2/c1-11-8-13-14(9-12(11)2)20(15(19-13)10-22-3)7-4-16(21)18-6-5-17/h8-9H,4-7,10,17H2,1-3H3,(H,18,21). The second kappa shape index (κ2) is 7.38. The molecule has 0 aliphatic heterocycles. The Labute approximate surface area is 130 Å². The molecule has 0 saturated carbocycles. The predicted molar refractivity (Wildman–Crippen MR) is 86.6 cm³/mol. The molecule has 0 saturated heterocycles. The highest BCUT2D eigenvalue weighted by Crippen LogP contribution is 2.21. The monoisotopic (exact) mass is 304 g/mol. The molecule has 0 aliphatic rings. The number of methoxy groups -OCH3 is 1. The van der Waals surface area contributed by atoms with E-state index in [0.29, 0.717) is 32.7 Å². The third-order valence-corrected chi connectivity index (χ3v) is 3.75. The van der Waals surface area contributed by atoms with Gasteiger partial charge >= 0.3 is 0 Å². The fourth-order valence-electron chi connectivity index (χ4n) is 2.43. The van der Waals surface area contributed by atoms with Crippen molar-refractivity contribution in [2.24, 2.45) is 5.73 Å². The molecule has 1 aromatic heterocycles. The molecule has 0 bridgehead atoms. The number of carbonyl (C=O) groups is 1. The Morgan fingerprint density at radius 3 is 2.77 bits per heavy atom. The Hall–Kier alpha value is -1.92. The lowest BCUT2D eigenvalue weighted by atomic mass is 10.1. The Kier molecular flexibility index (Phi) is 5.51. The highest BCUT2D eigenvalue weighted by atomic mass is 16.5. The third kappa shape index (κ3) is 3.64. The zero-order chi connectivity index (χ0) is 16.1. The van der Waals surface area contributed by atoms with Crippen LogP contribution in [0.2, 0.25) is 0 Å². The molecule has 22 heavy (non-hydrogen) atoms. The molecular formula is C16H24N4O2. The summed E-state index contributed by atoms with van der Waals surface area (Å²) in [5.41, 5.74) is 9.80. The van der Waals surface area contributed by atoms with Crippen LogP contribution in [0.4, 0.5) is 0 Å². The van der Waals surface area contributed by atoms with Gasteiger partial charge < -0.3 is 20.4 Å². The normalized spacial score (nSPS) is 11.1. The Morgan fingerprint density at radius 2 is 2.09 bits per heavy atom. The lowest BCUT2D eigenvalue weighted by molar-refractivity contribution is -0.121. The van der Waals surface area contributed by atoms with E-state index in [4.69, 9.17) is 10.5 Å². The first kappa shape index (κ1) is 16.5. The largest absolute Gasteiger partial charge is 0.377 e. The van der Waals surface area contributed by atoms with E-state index in [1.54, 1.807) is 7.11 Å². The predicted octanol–water partition coefficient (Wildman–Crippen LogP) is 1.26. The molecule has 0 unspecified atom stereocenters. The van der Waals surface area contributed by atoms with Crippen LogP contribution in [-0.2, 0) is 22.7 Å². The van der Waals surface area contributed by atoms with Gasteiger partial charge in [-0.05, 0) is 37.1 Å². The van der Waals surface area contributed by atoms with Gasteiger partial charge in [0.15, 0.2) is 0 Å². The minimum absolute atomic E-state index is 0.000463. The number of nitrogens with one attached hydrogen (secondary N) is 1. The average Bonchev–Trinajstić information content (AvgIpc) is 2.80. The third-order valence-electron chi connectivity index (χ3n) is 3.75. The van der Waals surface area contributed by atoms with Gasteiger partial charge in [-0.3, -0.25) is 4.79 Å². The van der Waals surface area contributed by atoms with Crippen LogP contribution in [0.15, 0.2) is 12.1 Å². The number of hydrogen-bond acceptors (Lipinski definition) is 4. The molecule has 1 heterocycles. The second-order valence-corrected chi connectivity index (χ2v) is 5.43. The number of benzene rings is 1. The highest BCUT2D eigenvalue weighted by molar-refractivity contribution is 5.79. The molecule has 2 rings (SSSR count). The van der Waals surface area contributed by atoms with Gasteiger partial charge in [-0.25, -0.2) is 4.98 Å². The van der Waals surface area contributed by atoms with Gasteiger partial charge in [-0.1, -0.05) is 0 Å². The Balaban J connectivity index is 2.27. The maximum absolute atomic E-state index is 11.8. The van der Waals surface area contributed by atoms with Gasteiger partial charge in [0.25, 0.3) is 0 Å². The van der Waals surface area contributed by atoms with Crippen molar-refractivity contribution >= 4 is 16.9 Å². The van der Waals surface area contributed by atoms with Crippen molar-refractivity contribution in [3.8, 4) is 0 Å². The van der Waals surface area contributed by atoms with E-state index in [1.807, 2.05) is 0 Å². The molecule has 0 fully saturated rings. The van der Waals surface area contributed by atoms with E-state index >= 15 is 0 Å². The summed E-state index contributed by atoms with van der Waals surface area (Å²) in [6.07, 6.45) is 0.398. The van der Waals surface area contributed by atoms with E-state index in [9.17, 15) is 4.79 Å². The molecule has 0 aliphatic carbocycles. The fraction of sp³-hybridized carbons (Fsp3) is 0.500. The number of nitrogens with zero attached hydrogens (tertiary/aromatic N) is 2. The summed E-state index contributed by atoms with van der Waals surface area (Å²) in [5.74, 6) is 0.841. The topological polar surface area (TPSA) is 82.2 Å². The molecule has 0 radical (unpaired) electrons. The van der Waals surface area contributed by atoms with Crippen LogP contribution in [0, 0.1) is 13.8 Å². The number of fused-ring (bicyclic) bond motifs is 1. The summed E-state index contributed by atoms with van der Waals surface area (Å²) in [7, 11) is 1.65. The summed E-state index contributed by atoms with van der Waals surface area (Å²) in [6.45, 7) is 6.12. The first-order valence-corrected chi connectivity index (χ1v) is 7.49. The van der Waals surface area contributed by atoms with Crippen LogP contribution in [0.25, 0.3) is 11.0 Å². The number of carbonyl (C=O) groups excluding carboxylic acids is 1. The van der Waals surface area contributed by atoms with E-state index < -0.39 is 0 Å². The first-order valence-electron chi connectivity index (χ1n) is 7.49. The van der Waals surface area contributed by atoms with Gasteiger partial charge in [-0.15, -0.1) is 0 Å². The molecule has 0 spiro atoms. The smallest absolute Gasteiger partial charge is 0.221 e. The highest BCUT2D eigenvalue weighted by Gasteiger charge is 2.13. The van der Waals surface area contributed by atoms with Crippen molar-refractivity contribution < 1.29 is 9.53 Å². The summed E-state index contributed by atoms with van der Waals surface area (Å²) in [5, 5.41) is 2.79. The molecule has 2 aromatic rings. The number of amides is 1. The van der Waals surface area contributed by atoms with Gasteiger partial charge in [0.2, 0.25) is 5.91 Å². The minimum atomic E-state index is -0.000463. The summed E-state index contributed by atoms with van der Waals surface area (Å²) in [4.78, 5) is 16.4. The number of nitrogens with two attached hydrogens (primary N) is 1. The van der Waals surface area contributed by atoms with E-state index in [1.165, 1.54) is 11.1 Å². The average molecular weight is 304 g/mol. The zero-order valence-corrected chi connectivity index (χ0v) is 13.5. The Morgan fingerprint density at radius 1 is 1.36 bits per heavy atom. The summed E-state index contributed by atoms with van der Waals surface area (Å²) in [6, 6.07) is 4.20. The van der Waals surface area contributed by atoms with Crippen molar-refractivity contribution in [3.05, 3.63) is 29.1 Å². The van der Waals surface area contributed by atoms with Crippen LogP contribution in [0.3, 0.4) is 0 Å². The quantitative estimate of drug-likeness (QED) is 0.807. The summed E-state index contributed by atoms with van der Waals surface area (Å²) >= 11 is 0. The summed E-state index contributed by atoms with van der Waals surface area (Å²) < 4.78 is 7.29. The van der Waals surface area contributed by atoms with Gasteiger partial charge in [-0.2, -0.15) is 0 Å². The molecule has 1 aromatic carbocycles. The molecule has 3 N–H and O–H groups in total. The molecule has 6 heteroatoms. The number of aromatic nitrogens is 2. The van der Waals surface area contributed by atoms with Gasteiger partial charge in [0.1, 0.15) is 12.4 Å². The molecule has 120 valence electrons. The first-order chi connectivity index (χ1) is 10.6. The van der Waals surface area contributed by atoms with Crippen LogP contribution in [0.1, 0.15) is 23.4 Å². The van der Waals surface area contributed by atoms with Crippen molar-refractivity contribution in [2.45, 2.75) is 33.4 Å². The van der Waals surface area contributed by atoms with Crippen molar-refractivity contribution in [3.63, 3.8) is 0 Å². The zero-order valence-electron chi connectivity index (χ0n) is 13.5. The van der Waals surface area contributed by atoms with Crippen LogP contribution in [-0.4, -0.2) is 35.7 Å². The maximum atomic E-state index is 11.8. The molecule has 0 atom stereocenters. The van der Waals surface area contributed by atoms with Crippen molar-refractivity contribution in [1.82, 2.24) is 14.9 Å². The lowest BCUT2D eigenvalue weighted by Crippen LogP contribution is -2.29. The maximum Gasteiger partial charge on any atom is 0.221 e. The van der Waals surface area contributed by atoms with E-state index in [-0.39, 0.29) is 5.91 Å². The molecular weight excluding hydrogens is 280 g/mol. The second-order valence-electron chi connectivity index (χ2n) is 5.43. The number of imidazole rings is 1. The van der Waals surface area contributed by atoms with Crippen LogP contribution in [0.5, 0.6) is 0 Å². The van der Waals surface area contributed by atoms with Crippen molar-refractivity contribution in [1.29, 1.82) is 0 Å². The molecule has 1 amide bonds. The minimum Gasteiger partial charge on any atom is -0.377 e. The van der Waals surface area contributed by atoms with Gasteiger partial charge in [0.05, 0.1) is 11.0 Å². The molecule has 6 nitrogen and oxygen atoms in total. The number of rotatable bonds is 7. The number of ether oxygens (including phenoxy) is 1. The van der Waals surface area contributed by atoms with Crippen LogP contribution < -0.4 is 11.1 Å². The Bertz CT molecular complexity index is 664. The van der Waals surface area contributed by atoms with Gasteiger partial charge in [0, 0.05) is 33.2 Å². The number of aryl methyl sites for hydroxylation is 3. The fourth-order valence-corrected chi connectivity index (χ4v) is 2.43.